The molecule has 0 radical (unpaired) electrons. The zero-order valence-corrected chi connectivity index (χ0v) is 7.79. The molecule has 1 saturated carbocycles. The summed E-state index contributed by atoms with van der Waals surface area (Å²) >= 11 is 0. The van der Waals surface area contributed by atoms with E-state index in [4.69, 9.17) is 0 Å². The standard InChI is InChI=1S/C12H15N/c1-3-7-11-9(5-1)10-6-2-4-8-12(10)13-11/h1,3,5,7,10,12-13H,2,4,6,8H2/t10-,12-/m1/s1. The maximum Gasteiger partial charge on any atom is 0.0378 e. The van der Waals surface area contributed by atoms with Gasteiger partial charge in [-0.05, 0) is 24.5 Å². The highest BCUT2D eigenvalue weighted by Crippen LogP contribution is 2.43. The third-order valence-corrected chi connectivity index (χ3v) is 3.47. The van der Waals surface area contributed by atoms with Crippen molar-refractivity contribution in [2.75, 3.05) is 5.32 Å². The molecule has 1 fully saturated rings. The topological polar surface area (TPSA) is 12.0 Å². The Morgan fingerprint density at radius 1 is 1.08 bits per heavy atom. The zero-order chi connectivity index (χ0) is 8.67. The van der Waals surface area contributed by atoms with Crippen LogP contribution in [0.5, 0.6) is 0 Å². The lowest BCUT2D eigenvalue weighted by molar-refractivity contribution is 0.422. The van der Waals surface area contributed by atoms with Gasteiger partial charge in [-0.25, -0.2) is 0 Å². The lowest BCUT2D eigenvalue weighted by Crippen LogP contribution is -2.23. The molecule has 1 aromatic rings. The largest absolute Gasteiger partial charge is 0.381 e. The number of anilines is 1. The van der Waals surface area contributed by atoms with Crippen LogP contribution in [0.1, 0.15) is 37.2 Å². The Bertz CT molecular complexity index is 319. The summed E-state index contributed by atoms with van der Waals surface area (Å²) in [5.41, 5.74) is 2.95. The van der Waals surface area contributed by atoms with Gasteiger partial charge in [0.1, 0.15) is 0 Å². The molecule has 0 saturated heterocycles. The quantitative estimate of drug-likeness (QED) is 0.635. The molecule has 0 bridgehead atoms. The summed E-state index contributed by atoms with van der Waals surface area (Å²) in [6, 6.07) is 9.54. The van der Waals surface area contributed by atoms with Gasteiger partial charge < -0.3 is 5.32 Å². The molecule has 1 N–H and O–H groups in total. The van der Waals surface area contributed by atoms with Crippen LogP contribution in [0.4, 0.5) is 5.69 Å². The number of hydrogen-bond acceptors (Lipinski definition) is 1. The number of hydrogen-bond donors (Lipinski definition) is 1. The first-order valence-electron chi connectivity index (χ1n) is 5.30. The lowest BCUT2D eigenvalue weighted by atomic mass is 9.83. The van der Waals surface area contributed by atoms with E-state index in [9.17, 15) is 0 Å². The fourth-order valence-corrected chi connectivity index (χ4v) is 2.83. The van der Waals surface area contributed by atoms with Crippen molar-refractivity contribution in [2.24, 2.45) is 0 Å². The first-order chi connectivity index (χ1) is 6.45. The van der Waals surface area contributed by atoms with E-state index in [1.165, 1.54) is 31.4 Å². The Labute approximate surface area is 79.2 Å². The number of benzene rings is 1. The number of fused-ring (bicyclic) bond motifs is 3. The van der Waals surface area contributed by atoms with Gasteiger partial charge in [0.15, 0.2) is 0 Å². The normalized spacial score (nSPS) is 30.5. The van der Waals surface area contributed by atoms with Crippen LogP contribution in [-0.2, 0) is 0 Å². The Morgan fingerprint density at radius 2 is 1.92 bits per heavy atom. The summed E-state index contributed by atoms with van der Waals surface area (Å²) in [7, 11) is 0. The van der Waals surface area contributed by atoms with Crippen LogP contribution >= 0.6 is 0 Å². The third kappa shape index (κ3) is 1.06. The van der Waals surface area contributed by atoms with Gasteiger partial charge in [-0.2, -0.15) is 0 Å². The number of rotatable bonds is 0. The van der Waals surface area contributed by atoms with Gasteiger partial charge in [0.05, 0.1) is 0 Å². The highest BCUT2D eigenvalue weighted by atomic mass is 15.0. The molecule has 68 valence electrons. The molecule has 1 aliphatic carbocycles. The fraction of sp³-hybridized carbons (Fsp3) is 0.500. The minimum absolute atomic E-state index is 0.742. The monoisotopic (exact) mass is 173 g/mol. The Morgan fingerprint density at radius 3 is 2.92 bits per heavy atom. The molecule has 0 amide bonds. The van der Waals surface area contributed by atoms with Crippen molar-refractivity contribution in [1.29, 1.82) is 0 Å². The van der Waals surface area contributed by atoms with Crippen molar-refractivity contribution in [3.63, 3.8) is 0 Å². The predicted molar refractivity (Wildman–Crippen MR) is 55.1 cm³/mol. The van der Waals surface area contributed by atoms with Crippen molar-refractivity contribution in [2.45, 2.75) is 37.6 Å². The molecule has 1 aliphatic heterocycles. The van der Waals surface area contributed by atoms with Gasteiger partial charge in [0.2, 0.25) is 0 Å². The van der Waals surface area contributed by atoms with Gasteiger partial charge in [-0.1, -0.05) is 31.0 Å². The van der Waals surface area contributed by atoms with Gasteiger partial charge in [-0.15, -0.1) is 0 Å². The van der Waals surface area contributed by atoms with E-state index in [1.807, 2.05) is 0 Å². The summed E-state index contributed by atoms with van der Waals surface area (Å²) in [5, 5.41) is 3.64. The molecule has 2 atom stereocenters. The Balaban J connectivity index is 2.01. The summed E-state index contributed by atoms with van der Waals surface area (Å²) in [6.07, 6.45) is 5.56. The van der Waals surface area contributed by atoms with Gasteiger partial charge in [0, 0.05) is 17.6 Å². The van der Waals surface area contributed by atoms with E-state index < -0.39 is 0 Å². The van der Waals surface area contributed by atoms with Crippen molar-refractivity contribution >= 4 is 5.69 Å². The Kier molecular flexibility index (Phi) is 1.58. The number of para-hydroxylation sites is 1. The molecule has 1 heteroatoms. The second-order valence-corrected chi connectivity index (χ2v) is 4.23. The van der Waals surface area contributed by atoms with Crippen LogP contribution in [0.3, 0.4) is 0 Å². The Hall–Kier alpha value is -0.980. The van der Waals surface area contributed by atoms with E-state index in [0.717, 1.165) is 12.0 Å². The van der Waals surface area contributed by atoms with Crippen LogP contribution in [0.25, 0.3) is 0 Å². The van der Waals surface area contributed by atoms with Crippen LogP contribution in [0.15, 0.2) is 24.3 Å². The molecule has 0 aromatic heterocycles. The molecule has 1 nitrogen and oxygen atoms in total. The molecular formula is C12H15N. The molecule has 2 aliphatic rings. The van der Waals surface area contributed by atoms with Crippen LogP contribution in [0, 0.1) is 0 Å². The summed E-state index contributed by atoms with van der Waals surface area (Å²) in [5.74, 6) is 0.810. The fourth-order valence-electron chi connectivity index (χ4n) is 2.83. The van der Waals surface area contributed by atoms with Gasteiger partial charge in [0.25, 0.3) is 0 Å². The van der Waals surface area contributed by atoms with Gasteiger partial charge in [-0.3, -0.25) is 0 Å². The van der Waals surface area contributed by atoms with E-state index in [-0.39, 0.29) is 0 Å². The molecule has 0 unspecified atom stereocenters. The molecular weight excluding hydrogens is 158 g/mol. The molecule has 1 heterocycles. The van der Waals surface area contributed by atoms with Crippen molar-refractivity contribution < 1.29 is 0 Å². The lowest BCUT2D eigenvalue weighted by Gasteiger charge is -2.25. The first-order valence-corrected chi connectivity index (χ1v) is 5.30. The van der Waals surface area contributed by atoms with E-state index in [2.05, 4.69) is 29.6 Å². The van der Waals surface area contributed by atoms with E-state index >= 15 is 0 Å². The number of nitrogens with one attached hydrogen (secondary N) is 1. The minimum Gasteiger partial charge on any atom is -0.381 e. The third-order valence-electron chi connectivity index (χ3n) is 3.47. The highest BCUT2D eigenvalue weighted by Gasteiger charge is 2.33. The maximum absolute atomic E-state index is 3.64. The minimum atomic E-state index is 0.742. The zero-order valence-electron chi connectivity index (χ0n) is 7.79. The average molecular weight is 173 g/mol. The van der Waals surface area contributed by atoms with Crippen LogP contribution in [-0.4, -0.2) is 6.04 Å². The van der Waals surface area contributed by atoms with Gasteiger partial charge >= 0.3 is 0 Å². The predicted octanol–water partition coefficient (Wildman–Crippen LogP) is 3.14. The first kappa shape index (κ1) is 7.43. The highest BCUT2D eigenvalue weighted by molar-refractivity contribution is 5.59. The molecule has 3 rings (SSSR count). The van der Waals surface area contributed by atoms with Crippen molar-refractivity contribution in [3.05, 3.63) is 29.8 Å². The average Bonchev–Trinajstić information content (AvgIpc) is 2.56. The second-order valence-electron chi connectivity index (χ2n) is 4.23. The maximum atomic E-state index is 3.64. The van der Waals surface area contributed by atoms with Crippen LogP contribution in [0.2, 0.25) is 0 Å². The molecule has 13 heavy (non-hydrogen) atoms. The van der Waals surface area contributed by atoms with Crippen molar-refractivity contribution in [1.82, 2.24) is 0 Å². The molecule has 0 spiro atoms. The SMILES string of the molecule is c1ccc2c(c1)N[C@@H]1CCCC[C@H]21. The van der Waals surface area contributed by atoms with Crippen LogP contribution < -0.4 is 5.32 Å². The van der Waals surface area contributed by atoms with E-state index in [1.54, 1.807) is 5.56 Å². The summed E-state index contributed by atoms with van der Waals surface area (Å²) in [4.78, 5) is 0. The summed E-state index contributed by atoms with van der Waals surface area (Å²) in [6.45, 7) is 0. The smallest absolute Gasteiger partial charge is 0.0378 e. The van der Waals surface area contributed by atoms with Crippen molar-refractivity contribution in [3.8, 4) is 0 Å². The molecule has 1 aromatic carbocycles. The summed E-state index contributed by atoms with van der Waals surface area (Å²) < 4.78 is 0. The second kappa shape index (κ2) is 2.76. The van der Waals surface area contributed by atoms with E-state index in [0.29, 0.717) is 0 Å².